The molecule has 1 saturated heterocycles. The molecular formula is C22H24N4O2. The molecule has 6 heteroatoms. The molecular weight excluding hydrogens is 352 g/mol. The number of pyridine rings is 1. The number of benzene rings is 1. The lowest BCUT2D eigenvalue weighted by atomic mass is 9.88. The molecule has 1 atom stereocenters. The number of carbonyl (C=O) groups excluding carboxylic acids is 1. The van der Waals surface area contributed by atoms with Crippen molar-refractivity contribution in [2.24, 2.45) is 0 Å². The van der Waals surface area contributed by atoms with E-state index in [9.17, 15) is 4.79 Å². The third-order valence-corrected chi connectivity index (χ3v) is 5.94. The molecule has 6 nitrogen and oxygen atoms in total. The topological polar surface area (TPSA) is 69.0 Å². The Labute approximate surface area is 163 Å². The van der Waals surface area contributed by atoms with E-state index >= 15 is 0 Å². The summed E-state index contributed by atoms with van der Waals surface area (Å²) in [5.74, 6) is -0.0700. The average Bonchev–Trinajstić information content (AvgIpc) is 3.17. The van der Waals surface area contributed by atoms with Crippen molar-refractivity contribution < 1.29 is 9.53 Å². The van der Waals surface area contributed by atoms with Gasteiger partial charge in [0.05, 0.1) is 11.9 Å². The second-order valence-electron chi connectivity index (χ2n) is 7.74. The molecule has 5 rings (SSSR count). The maximum atomic E-state index is 12.8. The molecule has 1 aromatic carbocycles. The summed E-state index contributed by atoms with van der Waals surface area (Å²) in [5.41, 5.74) is 4.92. The van der Waals surface area contributed by atoms with Crippen LogP contribution in [0.4, 0.5) is 0 Å². The third kappa shape index (κ3) is 3.29. The highest BCUT2D eigenvalue weighted by atomic mass is 16.5. The van der Waals surface area contributed by atoms with Gasteiger partial charge in [-0.3, -0.25) is 4.79 Å². The number of hydrogen-bond donors (Lipinski definition) is 1. The number of imidazole rings is 1. The van der Waals surface area contributed by atoms with Crippen LogP contribution in [0.5, 0.6) is 0 Å². The first-order valence-electron chi connectivity index (χ1n) is 10.1. The van der Waals surface area contributed by atoms with Crippen LogP contribution in [0.3, 0.4) is 0 Å². The Hall–Kier alpha value is -2.73. The van der Waals surface area contributed by atoms with Gasteiger partial charge in [0, 0.05) is 31.5 Å². The highest BCUT2D eigenvalue weighted by Crippen LogP contribution is 2.25. The number of hydrogen-bond acceptors (Lipinski definition) is 4. The van der Waals surface area contributed by atoms with E-state index in [-0.39, 0.29) is 11.9 Å². The molecule has 0 radical (unpaired) electrons. The number of nitrogens with zero attached hydrogens (tertiary/aromatic N) is 3. The van der Waals surface area contributed by atoms with Gasteiger partial charge in [-0.05, 0) is 49.3 Å². The Bertz CT molecular complexity index is 1010. The lowest BCUT2D eigenvalue weighted by Gasteiger charge is -2.25. The molecule has 1 aliphatic heterocycles. The van der Waals surface area contributed by atoms with Crippen LogP contribution in [0.2, 0.25) is 0 Å². The number of amides is 1. The van der Waals surface area contributed by atoms with Gasteiger partial charge < -0.3 is 14.6 Å². The molecule has 1 amide bonds. The molecule has 1 fully saturated rings. The minimum absolute atomic E-state index is 0.0700. The average molecular weight is 376 g/mol. The molecule has 1 aliphatic carbocycles. The molecule has 2 aromatic heterocycles. The van der Waals surface area contributed by atoms with E-state index in [4.69, 9.17) is 4.74 Å². The first-order valence-corrected chi connectivity index (χ1v) is 10.1. The summed E-state index contributed by atoms with van der Waals surface area (Å²) >= 11 is 0. The van der Waals surface area contributed by atoms with E-state index in [2.05, 4.69) is 44.1 Å². The number of aryl methyl sites for hydroxylation is 1. The van der Waals surface area contributed by atoms with Gasteiger partial charge >= 0.3 is 0 Å². The quantitative estimate of drug-likeness (QED) is 0.763. The standard InChI is InChI=1S/C22H24N4O2/c27-22(25-18-6-5-15-3-1-2-4-16(15)11-18)17-12-20-21(23-13-17)26(14-24-20)19-7-9-28-10-8-19/h1-4,12-14,18-19H,5-11H2,(H,25,27). The summed E-state index contributed by atoms with van der Waals surface area (Å²) in [6.07, 6.45) is 8.32. The first-order chi connectivity index (χ1) is 13.8. The normalized spacial score (nSPS) is 20.1. The van der Waals surface area contributed by atoms with Crippen LogP contribution in [-0.2, 0) is 17.6 Å². The van der Waals surface area contributed by atoms with Crippen molar-refractivity contribution >= 4 is 17.1 Å². The Morgan fingerprint density at radius 2 is 1.93 bits per heavy atom. The van der Waals surface area contributed by atoms with Crippen LogP contribution in [0.25, 0.3) is 11.2 Å². The molecule has 28 heavy (non-hydrogen) atoms. The van der Waals surface area contributed by atoms with Gasteiger partial charge in [-0.15, -0.1) is 0 Å². The van der Waals surface area contributed by atoms with Crippen molar-refractivity contribution in [3.8, 4) is 0 Å². The van der Waals surface area contributed by atoms with Crippen LogP contribution < -0.4 is 5.32 Å². The molecule has 3 heterocycles. The smallest absolute Gasteiger partial charge is 0.253 e. The van der Waals surface area contributed by atoms with Crippen LogP contribution in [0, 0.1) is 0 Å². The molecule has 1 unspecified atom stereocenters. The lowest BCUT2D eigenvalue weighted by Crippen LogP contribution is -2.38. The van der Waals surface area contributed by atoms with Crippen molar-refractivity contribution in [3.63, 3.8) is 0 Å². The van der Waals surface area contributed by atoms with Crippen LogP contribution in [-0.4, -0.2) is 39.7 Å². The third-order valence-electron chi connectivity index (χ3n) is 5.94. The zero-order chi connectivity index (χ0) is 18.9. The summed E-state index contributed by atoms with van der Waals surface area (Å²) in [6, 6.07) is 10.9. The van der Waals surface area contributed by atoms with Crippen LogP contribution in [0.15, 0.2) is 42.9 Å². The Kier molecular flexibility index (Phi) is 4.56. The second kappa shape index (κ2) is 7.36. The number of rotatable bonds is 3. The van der Waals surface area contributed by atoms with Gasteiger partial charge in [-0.25, -0.2) is 9.97 Å². The number of carbonyl (C=O) groups is 1. The molecule has 1 N–H and O–H groups in total. The zero-order valence-electron chi connectivity index (χ0n) is 15.8. The van der Waals surface area contributed by atoms with Crippen LogP contribution >= 0.6 is 0 Å². The maximum absolute atomic E-state index is 12.8. The van der Waals surface area contributed by atoms with E-state index in [0.29, 0.717) is 11.6 Å². The molecule has 0 bridgehead atoms. The maximum Gasteiger partial charge on any atom is 0.253 e. The van der Waals surface area contributed by atoms with Crippen molar-refractivity contribution in [1.29, 1.82) is 0 Å². The van der Waals surface area contributed by atoms with Gasteiger partial charge in [0.15, 0.2) is 5.65 Å². The number of nitrogens with one attached hydrogen (secondary N) is 1. The monoisotopic (exact) mass is 376 g/mol. The fourth-order valence-corrected chi connectivity index (χ4v) is 4.36. The second-order valence-corrected chi connectivity index (χ2v) is 7.74. The highest BCUT2D eigenvalue weighted by Gasteiger charge is 2.22. The predicted molar refractivity (Wildman–Crippen MR) is 106 cm³/mol. The lowest BCUT2D eigenvalue weighted by molar-refractivity contribution is 0.0704. The largest absolute Gasteiger partial charge is 0.381 e. The summed E-state index contributed by atoms with van der Waals surface area (Å²) < 4.78 is 7.57. The number of ether oxygens (including phenoxy) is 1. The fourth-order valence-electron chi connectivity index (χ4n) is 4.36. The van der Waals surface area contributed by atoms with E-state index < -0.39 is 0 Å². The summed E-state index contributed by atoms with van der Waals surface area (Å²) in [6.45, 7) is 1.55. The fraction of sp³-hybridized carbons (Fsp3) is 0.409. The van der Waals surface area contributed by atoms with Crippen LogP contribution in [0.1, 0.15) is 46.8 Å². The SMILES string of the molecule is O=C(NC1CCc2ccccc2C1)c1cnc2c(c1)ncn2C1CCOCC1. The molecule has 2 aliphatic rings. The van der Waals surface area contributed by atoms with Gasteiger partial charge in [0.25, 0.3) is 5.91 Å². The molecule has 144 valence electrons. The Balaban J connectivity index is 1.31. The number of aromatic nitrogens is 3. The van der Waals surface area contributed by atoms with E-state index in [1.54, 1.807) is 6.20 Å². The van der Waals surface area contributed by atoms with Crippen molar-refractivity contribution in [2.75, 3.05) is 13.2 Å². The zero-order valence-corrected chi connectivity index (χ0v) is 15.8. The minimum atomic E-state index is -0.0700. The van der Waals surface area contributed by atoms with E-state index in [1.807, 2.05) is 12.4 Å². The van der Waals surface area contributed by atoms with E-state index in [1.165, 1.54) is 11.1 Å². The Morgan fingerprint density at radius 3 is 2.79 bits per heavy atom. The minimum Gasteiger partial charge on any atom is -0.381 e. The highest BCUT2D eigenvalue weighted by molar-refractivity contribution is 5.96. The summed E-state index contributed by atoms with van der Waals surface area (Å²) in [5, 5.41) is 3.18. The van der Waals surface area contributed by atoms with Gasteiger partial charge in [-0.2, -0.15) is 0 Å². The molecule has 0 spiro atoms. The van der Waals surface area contributed by atoms with Gasteiger partial charge in [0.1, 0.15) is 5.52 Å². The predicted octanol–water partition coefficient (Wildman–Crippen LogP) is 3.07. The molecule has 0 saturated carbocycles. The van der Waals surface area contributed by atoms with Gasteiger partial charge in [-0.1, -0.05) is 24.3 Å². The van der Waals surface area contributed by atoms with E-state index in [0.717, 1.165) is 56.5 Å². The van der Waals surface area contributed by atoms with Gasteiger partial charge in [0.2, 0.25) is 0 Å². The number of fused-ring (bicyclic) bond motifs is 2. The summed E-state index contributed by atoms with van der Waals surface area (Å²) in [7, 11) is 0. The molecule has 3 aromatic rings. The van der Waals surface area contributed by atoms with Crippen molar-refractivity contribution in [2.45, 2.75) is 44.2 Å². The summed E-state index contributed by atoms with van der Waals surface area (Å²) in [4.78, 5) is 21.8. The first kappa shape index (κ1) is 17.4. The Morgan fingerprint density at radius 1 is 1.11 bits per heavy atom. The van der Waals surface area contributed by atoms with Crippen molar-refractivity contribution in [1.82, 2.24) is 19.9 Å². The van der Waals surface area contributed by atoms with Crippen molar-refractivity contribution in [3.05, 3.63) is 59.5 Å².